The minimum Gasteiger partial charge on any atom is -0.489 e. The molecular weight excluding hydrogens is 314 g/mol. The van der Waals surface area contributed by atoms with E-state index >= 15 is 0 Å². The number of amides is 2. The average molecular weight is 335 g/mol. The SMILES string of the molecule is CC1CC[C@H](c2ccc(OCc3ccc(C#N)cc3)cc2)N1C(N)=O. The van der Waals surface area contributed by atoms with Gasteiger partial charge in [-0.15, -0.1) is 0 Å². The van der Waals surface area contributed by atoms with Gasteiger partial charge in [-0.25, -0.2) is 4.79 Å². The third-order valence-corrected chi connectivity index (χ3v) is 4.68. The number of hydrogen-bond donors (Lipinski definition) is 1. The molecule has 2 atom stereocenters. The van der Waals surface area contributed by atoms with Gasteiger partial charge in [0, 0.05) is 6.04 Å². The van der Waals surface area contributed by atoms with Crippen LogP contribution in [0.3, 0.4) is 0 Å². The van der Waals surface area contributed by atoms with Crippen LogP contribution in [0, 0.1) is 11.3 Å². The number of nitriles is 1. The second-order valence-electron chi connectivity index (χ2n) is 6.35. The summed E-state index contributed by atoms with van der Waals surface area (Å²) < 4.78 is 5.79. The summed E-state index contributed by atoms with van der Waals surface area (Å²) in [4.78, 5) is 13.4. The van der Waals surface area contributed by atoms with Crippen molar-refractivity contribution in [2.75, 3.05) is 0 Å². The molecule has 1 aliphatic heterocycles. The Kier molecular flexibility index (Phi) is 4.90. The number of benzene rings is 2. The first-order valence-electron chi connectivity index (χ1n) is 8.38. The van der Waals surface area contributed by atoms with Crippen molar-refractivity contribution in [1.29, 1.82) is 5.26 Å². The second-order valence-corrected chi connectivity index (χ2v) is 6.35. The number of carbonyl (C=O) groups excluding carboxylic acids is 1. The molecule has 0 aliphatic carbocycles. The number of likely N-dealkylation sites (tertiary alicyclic amines) is 1. The van der Waals surface area contributed by atoms with Crippen molar-refractivity contribution in [3.63, 3.8) is 0 Å². The molecule has 0 saturated carbocycles. The quantitative estimate of drug-likeness (QED) is 0.924. The number of hydrogen-bond acceptors (Lipinski definition) is 3. The van der Waals surface area contributed by atoms with Gasteiger partial charge in [0.2, 0.25) is 0 Å². The standard InChI is InChI=1S/C20H21N3O2/c1-14-2-11-19(23(14)20(22)24)17-7-9-18(10-8-17)25-13-16-5-3-15(12-21)4-6-16/h3-10,14,19H,2,11,13H2,1H3,(H2,22,24)/t14?,19-/m1/s1. The molecule has 1 saturated heterocycles. The topological polar surface area (TPSA) is 79.3 Å². The van der Waals surface area contributed by atoms with Gasteiger partial charge in [-0.2, -0.15) is 5.26 Å². The third-order valence-electron chi connectivity index (χ3n) is 4.68. The van der Waals surface area contributed by atoms with Crippen LogP contribution in [0.4, 0.5) is 4.79 Å². The lowest BCUT2D eigenvalue weighted by molar-refractivity contribution is 0.186. The van der Waals surface area contributed by atoms with Gasteiger partial charge in [-0.1, -0.05) is 24.3 Å². The molecule has 1 heterocycles. The lowest BCUT2D eigenvalue weighted by Gasteiger charge is -2.27. The number of rotatable bonds is 4. The Balaban J connectivity index is 1.64. The van der Waals surface area contributed by atoms with E-state index in [4.69, 9.17) is 15.7 Å². The van der Waals surface area contributed by atoms with Crippen LogP contribution in [0.15, 0.2) is 48.5 Å². The highest BCUT2D eigenvalue weighted by Gasteiger charge is 2.33. The number of primary amides is 1. The molecule has 2 aromatic rings. The summed E-state index contributed by atoms with van der Waals surface area (Å²) in [6.07, 6.45) is 1.89. The minimum absolute atomic E-state index is 0.0417. The zero-order valence-corrected chi connectivity index (χ0v) is 14.2. The van der Waals surface area contributed by atoms with E-state index in [-0.39, 0.29) is 18.1 Å². The van der Waals surface area contributed by atoms with Crippen LogP contribution in [0.1, 0.15) is 42.5 Å². The van der Waals surface area contributed by atoms with Crippen LogP contribution in [-0.2, 0) is 6.61 Å². The molecule has 0 bridgehead atoms. The average Bonchev–Trinajstić information content (AvgIpc) is 3.02. The van der Waals surface area contributed by atoms with E-state index in [1.165, 1.54) is 0 Å². The molecule has 5 nitrogen and oxygen atoms in total. The van der Waals surface area contributed by atoms with Crippen molar-refractivity contribution in [2.24, 2.45) is 5.73 Å². The smallest absolute Gasteiger partial charge is 0.315 e. The lowest BCUT2D eigenvalue weighted by Crippen LogP contribution is -2.39. The summed E-state index contributed by atoms with van der Waals surface area (Å²) in [5.74, 6) is 0.768. The summed E-state index contributed by atoms with van der Waals surface area (Å²) >= 11 is 0. The Morgan fingerprint density at radius 1 is 1.20 bits per heavy atom. The fourth-order valence-corrected chi connectivity index (χ4v) is 3.31. The van der Waals surface area contributed by atoms with Crippen LogP contribution in [0.5, 0.6) is 5.75 Å². The molecule has 2 amide bonds. The van der Waals surface area contributed by atoms with E-state index < -0.39 is 0 Å². The van der Waals surface area contributed by atoms with Gasteiger partial charge in [0.1, 0.15) is 12.4 Å². The summed E-state index contributed by atoms with van der Waals surface area (Å²) in [6.45, 7) is 2.47. The van der Waals surface area contributed by atoms with Crippen LogP contribution in [0.25, 0.3) is 0 Å². The molecule has 2 aromatic carbocycles. The fourth-order valence-electron chi connectivity index (χ4n) is 3.31. The Morgan fingerprint density at radius 2 is 1.88 bits per heavy atom. The molecule has 1 aliphatic rings. The minimum atomic E-state index is -0.365. The predicted molar refractivity (Wildman–Crippen MR) is 94.8 cm³/mol. The second kappa shape index (κ2) is 7.27. The molecule has 128 valence electrons. The summed E-state index contributed by atoms with van der Waals surface area (Å²) in [5.41, 5.74) is 8.24. The lowest BCUT2D eigenvalue weighted by atomic mass is 10.0. The third kappa shape index (κ3) is 3.74. The van der Waals surface area contributed by atoms with Gasteiger partial charge in [-0.3, -0.25) is 0 Å². The maximum Gasteiger partial charge on any atom is 0.315 e. The maximum absolute atomic E-state index is 11.7. The van der Waals surface area contributed by atoms with Crippen molar-refractivity contribution in [2.45, 2.75) is 38.5 Å². The number of nitrogens with two attached hydrogens (primary N) is 1. The van der Waals surface area contributed by atoms with Gasteiger partial charge in [0.15, 0.2) is 0 Å². The van der Waals surface area contributed by atoms with Crippen LogP contribution in [-0.4, -0.2) is 17.0 Å². The van der Waals surface area contributed by atoms with Gasteiger partial charge in [0.25, 0.3) is 0 Å². The first kappa shape index (κ1) is 16.8. The fraction of sp³-hybridized carbons (Fsp3) is 0.300. The normalized spacial score (nSPS) is 19.4. The molecule has 25 heavy (non-hydrogen) atoms. The zero-order chi connectivity index (χ0) is 17.8. The van der Waals surface area contributed by atoms with Gasteiger partial charge >= 0.3 is 6.03 Å². The molecule has 1 unspecified atom stereocenters. The molecule has 0 spiro atoms. The van der Waals surface area contributed by atoms with E-state index in [9.17, 15) is 4.79 Å². The van der Waals surface area contributed by atoms with E-state index in [1.54, 1.807) is 17.0 Å². The first-order valence-corrected chi connectivity index (χ1v) is 8.38. The van der Waals surface area contributed by atoms with E-state index in [0.29, 0.717) is 12.2 Å². The summed E-state index contributed by atoms with van der Waals surface area (Å²) in [7, 11) is 0. The predicted octanol–water partition coefficient (Wildman–Crippen LogP) is 3.74. The molecule has 5 heteroatoms. The van der Waals surface area contributed by atoms with Crippen LogP contribution in [0.2, 0.25) is 0 Å². The molecule has 3 rings (SSSR count). The van der Waals surface area contributed by atoms with Crippen LogP contribution >= 0.6 is 0 Å². The number of urea groups is 1. The number of nitrogens with zero attached hydrogens (tertiary/aromatic N) is 2. The molecule has 0 aromatic heterocycles. The molecule has 0 radical (unpaired) electrons. The largest absolute Gasteiger partial charge is 0.489 e. The van der Waals surface area contributed by atoms with Gasteiger partial charge < -0.3 is 15.4 Å². The van der Waals surface area contributed by atoms with E-state index in [0.717, 1.165) is 29.7 Å². The van der Waals surface area contributed by atoms with Crippen molar-refractivity contribution in [1.82, 2.24) is 4.90 Å². The number of carbonyl (C=O) groups is 1. The van der Waals surface area contributed by atoms with Crippen molar-refractivity contribution in [3.05, 3.63) is 65.2 Å². The number of ether oxygens (including phenoxy) is 1. The van der Waals surface area contributed by atoms with Crippen molar-refractivity contribution < 1.29 is 9.53 Å². The Hall–Kier alpha value is -3.00. The van der Waals surface area contributed by atoms with Gasteiger partial charge in [-0.05, 0) is 55.2 Å². The Bertz CT molecular complexity index is 778. The van der Waals surface area contributed by atoms with E-state index in [1.807, 2.05) is 43.3 Å². The summed E-state index contributed by atoms with van der Waals surface area (Å²) in [6, 6.07) is 17.1. The monoisotopic (exact) mass is 335 g/mol. The molecule has 1 fully saturated rings. The Labute approximate surface area is 147 Å². The maximum atomic E-state index is 11.7. The van der Waals surface area contributed by atoms with Gasteiger partial charge in [0.05, 0.1) is 17.7 Å². The highest BCUT2D eigenvalue weighted by atomic mass is 16.5. The van der Waals surface area contributed by atoms with Crippen molar-refractivity contribution >= 4 is 6.03 Å². The van der Waals surface area contributed by atoms with Crippen molar-refractivity contribution in [3.8, 4) is 11.8 Å². The van der Waals surface area contributed by atoms with Crippen LogP contribution < -0.4 is 10.5 Å². The van der Waals surface area contributed by atoms with E-state index in [2.05, 4.69) is 6.07 Å². The zero-order valence-electron chi connectivity index (χ0n) is 14.2. The molecule has 2 N–H and O–H groups in total. The molecular formula is C20H21N3O2. The Morgan fingerprint density at radius 3 is 2.48 bits per heavy atom. The first-order chi connectivity index (χ1) is 12.1. The summed E-state index contributed by atoms with van der Waals surface area (Å²) in [5, 5.41) is 8.81. The highest BCUT2D eigenvalue weighted by Crippen LogP contribution is 2.36. The highest BCUT2D eigenvalue weighted by molar-refractivity contribution is 5.73.